The molecule has 3 aliphatic rings. The van der Waals surface area contributed by atoms with E-state index in [1.807, 2.05) is 64.4 Å². The van der Waals surface area contributed by atoms with Crippen molar-refractivity contribution in [3.63, 3.8) is 0 Å². The molecule has 210 valence electrons. The number of aliphatic hydroxyl groups excluding tert-OH is 1. The molecule has 1 saturated heterocycles. The first kappa shape index (κ1) is 28.1. The number of aliphatic hydroxyl groups is 1. The maximum atomic E-state index is 13.9. The summed E-state index contributed by atoms with van der Waals surface area (Å²) in [4.78, 5) is 51.6. The standard InChI is InChI=1S/C30H35N5O4S/c1-17-23(40-16-32-17)18-6-8-19(9-7-18)29(5)13-21(33-26(29)38)22-12-20(36)14-35(22)25(37)24(28(2,3)4)34-27(39)30(15-31)10-11-30/h6-9,16,20,22,24,36H,10-14H2,1-5H3,(H,34,39)/t20-,22-,24-,29+/m1/s1. The summed E-state index contributed by atoms with van der Waals surface area (Å²) in [5.74, 6) is -1.05. The van der Waals surface area contributed by atoms with Crippen LogP contribution in [0.15, 0.2) is 34.8 Å². The van der Waals surface area contributed by atoms with Crippen molar-refractivity contribution in [3.8, 4) is 16.5 Å². The number of nitrogens with one attached hydrogen (secondary N) is 1. The van der Waals surface area contributed by atoms with Crippen LogP contribution in [-0.2, 0) is 19.8 Å². The van der Waals surface area contributed by atoms with Crippen molar-refractivity contribution in [3.05, 3.63) is 41.0 Å². The number of amides is 3. The molecule has 1 aliphatic carbocycles. The normalized spacial score (nSPS) is 26.3. The van der Waals surface area contributed by atoms with E-state index in [9.17, 15) is 24.8 Å². The van der Waals surface area contributed by atoms with E-state index < -0.39 is 40.3 Å². The van der Waals surface area contributed by atoms with E-state index in [1.165, 1.54) is 0 Å². The average Bonchev–Trinajstić information content (AvgIpc) is 3.28. The van der Waals surface area contributed by atoms with Crippen molar-refractivity contribution >= 4 is 34.8 Å². The smallest absolute Gasteiger partial charge is 0.256 e. The zero-order valence-electron chi connectivity index (χ0n) is 23.5. The molecule has 2 aliphatic heterocycles. The van der Waals surface area contributed by atoms with Crippen LogP contribution in [0.2, 0.25) is 0 Å². The fourth-order valence-corrected chi connectivity index (χ4v) is 6.50. The van der Waals surface area contributed by atoms with E-state index in [0.717, 1.165) is 21.7 Å². The van der Waals surface area contributed by atoms with Gasteiger partial charge in [-0.25, -0.2) is 9.98 Å². The third-order valence-electron chi connectivity index (χ3n) is 8.52. The molecule has 2 aromatic rings. The minimum Gasteiger partial charge on any atom is -0.391 e. The highest BCUT2D eigenvalue weighted by Gasteiger charge is 2.54. The van der Waals surface area contributed by atoms with Crippen molar-refractivity contribution in [2.45, 2.75) is 83.9 Å². The molecule has 3 amide bonds. The lowest BCUT2D eigenvalue weighted by molar-refractivity contribution is -0.140. The van der Waals surface area contributed by atoms with Gasteiger partial charge in [0.25, 0.3) is 5.91 Å². The quantitative estimate of drug-likeness (QED) is 0.554. The van der Waals surface area contributed by atoms with Crippen LogP contribution in [0.1, 0.15) is 64.6 Å². The zero-order chi connectivity index (χ0) is 29.0. The maximum absolute atomic E-state index is 13.9. The van der Waals surface area contributed by atoms with E-state index in [4.69, 9.17) is 0 Å². The Bertz CT molecular complexity index is 1430. The highest BCUT2D eigenvalue weighted by Crippen LogP contribution is 2.45. The summed E-state index contributed by atoms with van der Waals surface area (Å²) in [5, 5.41) is 22.9. The van der Waals surface area contributed by atoms with E-state index in [-0.39, 0.29) is 24.8 Å². The number of hydrogen-bond acceptors (Lipinski definition) is 7. The van der Waals surface area contributed by atoms with Gasteiger partial charge in [0.05, 0.1) is 39.7 Å². The fraction of sp³-hybridized carbons (Fsp3) is 0.533. The van der Waals surface area contributed by atoms with Gasteiger partial charge in [0.15, 0.2) is 0 Å². The summed E-state index contributed by atoms with van der Waals surface area (Å²) in [7, 11) is 0. The molecular weight excluding hydrogens is 526 g/mol. The highest BCUT2D eigenvalue weighted by atomic mass is 32.1. The molecule has 0 bridgehead atoms. The molecule has 9 nitrogen and oxygen atoms in total. The molecule has 40 heavy (non-hydrogen) atoms. The Labute approximate surface area is 238 Å². The van der Waals surface area contributed by atoms with Crippen molar-refractivity contribution in [2.75, 3.05) is 6.54 Å². The van der Waals surface area contributed by atoms with E-state index in [2.05, 4.69) is 21.4 Å². The van der Waals surface area contributed by atoms with Crippen molar-refractivity contribution < 1.29 is 19.5 Å². The number of β-amino-alcohol motifs (C(OH)–C–C–N with tert-alkyl or cyclic N) is 1. The van der Waals surface area contributed by atoms with Gasteiger partial charge in [-0.05, 0) is 43.2 Å². The van der Waals surface area contributed by atoms with Crippen LogP contribution in [0.3, 0.4) is 0 Å². The molecular formula is C30H35N5O4S. The van der Waals surface area contributed by atoms with Gasteiger partial charge in [-0.1, -0.05) is 45.0 Å². The molecule has 0 unspecified atom stereocenters. The van der Waals surface area contributed by atoms with Gasteiger partial charge in [-0.15, -0.1) is 11.3 Å². The van der Waals surface area contributed by atoms with Gasteiger partial charge >= 0.3 is 0 Å². The molecule has 4 atom stereocenters. The Kier molecular flexibility index (Phi) is 6.95. The Morgan fingerprint density at radius 3 is 2.48 bits per heavy atom. The average molecular weight is 562 g/mol. The van der Waals surface area contributed by atoms with Crippen LogP contribution in [0.4, 0.5) is 0 Å². The Morgan fingerprint density at radius 1 is 1.25 bits per heavy atom. The molecule has 10 heteroatoms. The minimum atomic E-state index is -1.06. The molecule has 1 saturated carbocycles. The van der Waals surface area contributed by atoms with Crippen LogP contribution in [0.5, 0.6) is 0 Å². The van der Waals surface area contributed by atoms with Crippen LogP contribution < -0.4 is 5.32 Å². The number of carbonyl (C=O) groups excluding carboxylic acids is 3. The third kappa shape index (κ3) is 4.86. The molecule has 0 spiro atoms. The van der Waals surface area contributed by atoms with Crippen LogP contribution >= 0.6 is 11.3 Å². The van der Waals surface area contributed by atoms with E-state index in [0.29, 0.717) is 25.0 Å². The van der Waals surface area contributed by atoms with Crippen molar-refractivity contribution in [1.82, 2.24) is 15.2 Å². The summed E-state index contributed by atoms with van der Waals surface area (Å²) in [6, 6.07) is 8.52. The van der Waals surface area contributed by atoms with Crippen LogP contribution in [0, 0.1) is 29.1 Å². The van der Waals surface area contributed by atoms with Crippen LogP contribution in [-0.4, -0.2) is 63.2 Å². The first-order valence-corrected chi connectivity index (χ1v) is 14.5. The number of aromatic nitrogens is 1. The van der Waals surface area contributed by atoms with Gasteiger partial charge < -0.3 is 15.3 Å². The number of aryl methyl sites for hydroxylation is 1. The zero-order valence-corrected chi connectivity index (χ0v) is 24.3. The predicted molar refractivity (Wildman–Crippen MR) is 151 cm³/mol. The summed E-state index contributed by atoms with van der Waals surface area (Å²) in [6.07, 6.45) is 0.785. The largest absolute Gasteiger partial charge is 0.391 e. The summed E-state index contributed by atoms with van der Waals surface area (Å²) >= 11 is 1.57. The monoisotopic (exact) mass is 561 g/mol. The maximum Gasteiger partial charge on any atom is 0.256 e. The minimum absolute atomic E-state index is 0.0855. The number of aliphatic imine (C=N–C) groups is 1. The first-order valence-electron chi connectivity index (χ1n) is 13.6. The molecule has 2 fully saturated rings. The van der Waals surface area contributed by atoms with Gasteiger partial charge in [0.2, 0.25) is 11.8 Å². The number of nitriles is 1. The number of hydrogen-bond donors (Lipinski definition) is 2. The number of thiazole rings is 1. The van der Waals surface area contributed by atoms with E-state index >= 15 is 0 Å². The molecule has 2 N–H and O–H groups in total. The van der Waals surface area contributed by atoms with Gasteiger partial charge in [0.1, 0.15) is 11.5 Å². The predicted octanol–water partition coefficient (Wildman–Crippen LogP) is 3.54. The van der Waals surface area contributed by atoms with E-state index in [1.54, 1.807) is 16.2 Å². The van der Waals surface area contributed by atoms with Crippen LogP contribution in [0.25, 0.3) is 10.4 Å². The first-order chi connectivity index (χ1) is 18.8. The number of carbonyl (C=O) groups is 3. The fourth-order valence-electron chi connectivity index (χ4n) is 5.69. The molecule has 1 aromatic carbocycles. The number of likely N-dealkylation sites (tertiary alicyclic amines) is 1. The number of benzene rings is 1. The lowest BCUT2D eigenvalue weighted by atomic mass is 9.78. The number of rotatable bonds is 6. The molecule has 3 heterocycles. The van der Waals surface area contributed by atoms with Gasteiger partial charge in [-0.3, -0.25) is 14.4 Å². The second-order valence-corrected chi connectivity index (χ2v) is 13.5. The molecule has 5 rings (SSSR count). The second-order valence-electron chi connectivity index (χ2n) is 12.6. The summed E-state index contributed by atoms with van der Waals surface area (Å²) < 4.78 is 0. The van der Waals surface area contributed by atoms with Crippen molar-refractivity contribution in [1.29, 1.82) is 5.26 Å². The Balaban J connectivity index is 1.37. The van der Waals surface area contributed by atoms with Gasteiger partial charge in [0, 0.05) is 25.1 Å². The lowest BCUT2D eigenvalue weighted by Gasteiger charge is -2.36. The second kappa shape index (κ2) is 9.89. The SMILES string of the molecule is Cc1ncsc1-c1ccc([C@]2(C)CC([C@H]3C[C@@H](O)CN3C(=O)[C@@H](NC(=O)C3(C#N)CC3)C(C)(C)C)=NC2=O)cc1. The van der Waals surface area contributed by atoms with Gasteiger partial charge in [-0.2, -0.15) is 5.26 Å². The van der Waals surface area contributed by atoms with Crippen molar-refractivity contribution in [2.24, 2.45) is 15.8 Å². The number of nitrogens with zero attached hydrogens (tertiary/aromatic N) is 4. The Hall–Kier alpha value is -3.42. The topological polar surface area (TPSA) is 136 Å². The summed E-state index contributed by atoms with van der Waals surface area (Å²) in [6.45, 7) is 9.48. The molecule has 1 aromatic heterocycles. The third-order valence-corrected chi connectivity index (χ3v) is 9.49. The molecule has 0 radical (unpaired) electrons. The highest BCUT2D eigenvalue weighted by molar-refractivity contribution is 7.13. The summed E-state index contributed by atoms with van der Waals surface area (Å²) in [5.41, 5.74) is 2.62. The lowest BCUT2D eigenvalue weighted by Crippen LogP contribution is -2.57. The Morgan fingerprint density at radius 2 is 1.93 bits per heavy atom.